The third-order valence-corrected chi connectivity index (χ3v) is 4.03. The molecule has 2 nitrogen and oxygen atoms in total. The molecule has 3 aromatic rings. The number of nitrogens with zero attached hydrogens (tertiary/aromatic N) is 1. The van der Waals surface area contributed by atoms with Crippen LogP contribution >= 0.6 is 11.6 Å². The summed E-state index contributed by atoms with van der Waals surface area (Å²) in [4.78, 5) is 4.14. The zero-order valence-electron chi connectivity index (χ0n) is 12.1. The summed E-state index contributed by atoms with van der Waals surface area (Å²) in [6, 6.07) is 17.0. The molecule has 2 aromatic carbocycles. The van der Waals surface area contributed by atoms with Crippen molar-refractivity contribution in [3.05, 3.63) is 71.0 Å². The summed E-state index contributed by atoms with van der Waals surface area (Å²) < 4.78 is 0. The molecule has 1 aromatic heterocycles. The van der Waals surface area contributed by atoms with Crippen LogP contribution in [0, 0.1) is 6.92 Å². The average molecular weight is 297 g/mol. The monoisotopic (exact) mass is 296 g/mol. The Morgan fingerprint density at radius 2 is 1.81 bits per heavy atom. The van der Waals surface area contributed by atoms with Crippen LogP contribution in [0.15, 0.2) is 54.7 Å². The fourth-order valence-corrected chi connectivity index (χ4v) is 2.74. The van der Waals surface area contributed by atoms with Crippen molar-refractivity contribution in [3.63, 3.8) is 0 Å². The van der Waals surface area contributed by atoms with Gasteiger partial charge in [-0.2, -0.15) is 0 Å². The van der Waals surface area contributed by atoms with Gasteiger partial charge in [-0.15, -0.1) is 0 Å². The van der Waals surface area contributed by atoms with Gasteiger partial charge in [-0.3, -0.25) is 0 Å². The number of aryl methyl sites for hydroxylation is 1. The second kappa shape index (κ2) is 5.74. The summed E-state index contributed by atoms with van der Waals surface area (Å²) in [5, 5.41) is 6.48. The Balaban J connectivity index is 1.91. The van der Waals surface area contributed by atoms with Gasteiger partial charge in [0.1, 0.15) is 0 Å². The van der Waals surface area contributed by atoms with Crippen LogP contribution in [-0.4, -0.2) is 4.98 Å². The first-order valence-electron chi connectivity index (χ1n) is 7.01. The molecule has 106 valence electrons. The number of hydrogen-bond donors (Lipinski definition) is 1. The van der Waals surface area contributed by atoms with Crippen molar-refractivity contribution in [1.29, 1.82) is 0 Å². The molecule has 0 aliphatic rings. The van der Waals surface area contributed by atoms with Gasteiger partial charge >= 0.3 is 0 Å². The van der Waals surface area contributed by atoms with E-state index in [9.17, 15) is 0 Å². The molecule has 1 N–H and O–H groups in total. The summed E-state index contributed by atoms with van der Waals surface area (Å²) >= 11 is 6.18. The van der Waals surface area contributed by atoms with Gasteiger partial charge in [0.25, 0.3) is 0 Å². The quantitative estimate of drug-likeness (QED) is 0.657. The van der Waals surface area contributed by atoms with Crippen LogP contribution in [-0.2, 0) is 0 Å². The average Bonchev–Trinajstić information content (AvgIpc) is 2.50. The molecule has 0 aliphatic heterocycles. The highest BCUT2D eigenvalue weighted by Gasteiger charge is 2.10. The van der Waals surface area contributed by atoms with Gasteiger partial charge in [-0.1, -0.05) is 48.0 Å². The number of aromatic nitrogens is 1. The maximum Gasteiger partial charge on any atom is 0.152 e. The second-order valence-corrected chi connectivity index (χ2v) is 5.62. The molecule has 1 atom stereocenters. The maximum atomic E-state index is 6.18. The van der Waals surface area contributed by atoms with Crippen LogP contribution in [0.2, 0.25) is 5.15 Å². The van der Waals surface area contributed by atoms with E-state index in [1.165, 1.54) is 16.3 Å². The molecule has 0 spiro atoms. The molecule has 0 radical (unpaired) electrons. The first-order chi connectivity index (χ1) is 10.1. The Kier molecular flexibility index (Phi) is 3.80. The fourth-order valence-electron chi connectivity index (χ4n) is 2.48. The van der Waals surface area contributed by atoms with Crippen molar-refractivity contribution in [3.8, 4) is 0 Å². The van der Waals surface area contributed by atoms with E-state index >= 15 is 0 Å². The van der Waals surface area contributed by atoms with Crippen LogP contribution in [0.5, 0.6) is 0 Å². The van der Waals surface area contributed by atoms with E-state index in [-0.39, 0.29) is 6.04 Å². The number of halogens is 1. The predicted octanol–water partition coefficient (Wildman–Crippen LogP) is 5.37. The number of rotatable bonds is 3. The van der Waals surface area contributed by atoms with Crippen LogP contribution in [0.3, 0.4) is 0 Å². The third kappa shape index (κ3) is 2.86. The second-order valence-electron chi connectivity index (χ2n) is 5.27. The van der Waals surface area contributed by atoms with Crippen LogP contribution in [0.4, 0.5) is 5.69 Å². The van der Waals surface area contributed by atoms with Crippen molar-refractivity contribution in [1.82, 2.24) is 4.98 Å². The van der Waals surface area contributed by atoms with Crippen LogP contribution in [0.25, 0.3) is 10.8 Å². The minimum atomic E-state index is 0.162. The zero-order chi connectivity index (χ0) is 14.8. The Labute approximate surface area is 129 Å². The van der Waals surface area contributed by atoms with Crippen molar-refractivity contribution in [2.24, 2.45) is 0 Å². The molecule has 3 heteroatoms. The van der Waals surface area contributed by atoms with E-state index in [1.54, 1.807) is 6.20 Å². The molecule has 0 amide bonds. The third-order valence-electron chi connectivity index (χ3n) is 3.75. The molecule has 1 heterocycles. The summed E-state index contributed by atoms with van der Waals surface area (Å²) in [6.45, 7) is 4.16. The van der Waals surface area contributed by atoms with Crippen molar-refractivity contribution < 1.29 is 0 Å². The Morgan fingerprint density at radius 3 is 2.57 bits per heavy atom. The first kappa shape index (κ1) is 13.9. The number of anilines is 1. The lowest BCUT2D eigenvalue weighted by Crippen LogP contribution is -2.08. The highest BCUT2D eigenvalue weighted by molar-refractivity contribution is 6.32. The molecule has 21 heavy (non-hydrogen) atoms. The topological polar surface area (TPSA) is 24.9 Å². The van der Waals surface area contributed by atoms with E-state index in [2.05, 4.69) is 59.7 Å². The summed E-state index contributed by atoms with van der Waals surface area (Å²) in [6.07, 6.45) is 1.73. The highest BCUT2D eigenvalue weighted by atomic mass is 35.5. The van der Waals surface area contributed by atoms with E-state index in [0.717, 1.165) is 11.3 Å². The van der Waals surface area contributed by atoms with E-state index in [1.807, 2.05) is 13.0 Å². The molecule has 1 unspecified atom stereocenters. The number of pyridine rings is 1. The summed E-state index contributed by atoms with van der Waals surface area (Å²) in [5.41, 5.74) is 3.23. The SMILES string of the molecule is Cc1ccnc(Cl)c1NC(C)c1ccc2ccccc2c1. The Hall–Kier alpha value is -2.06. The standard InChI is InChI=1S/C18H17ClN2/c1-12-9-10-20-18(19)17(12)21-13(2)15-8-7-14-5-3-4-6-16(14)11-15/h3-11,13,21H,1-2H3. The van der Waals surface area contributed by atoms with Crippen molar-refractivity contribution in [2.45, 2.75) is 19.9 Å². The molecule has 0 saturated heterocycles. The van der Waals surface area contributed by atoms with Crippen molar-refractivity contribution in [2.75, 3.05) is 5.32 Å². The van der Waals surface area contributed by atoms with Gasteiger partial charge < -0.3 is 5.32 Å². The predicted molar refractivity (Wildman–Crippen MR) is 90.0 cm³/mol. The first-order valence-corrected chi connectivity index (χ1v) is 7.39. The van der Waals surface area contributed by atoms with Gasteiger partial charge in [-0.05, 0) is 47.9 Å². The smallest absolute Gasteiger partial charge is 0.152 e. The normalized spacial score (nSPS) is 12.3. The van der Waals surface area contributed by atoms with Gasteiger partial charge in [0.05, 0.1) is 5.69 Å². The Morgan fingerprint density at radius 1 is 1.05 bits per heavy atom. The molecule has 0 fully saturated rings. The molecule has 0 aliphatic carbocycles. The minimum absolute atomic E-state index is 0.162. The largest absolute Gasteiger partial charge is 0.376 e. The van der Waals surface area contributed by atoms with E-state index in [4.69, 9.17) is 11.6 Å². The summed E-state index contributed by atoms with van der Waals surface area (Å²) in [5.74, 6) is 0. The number of fused-ring (bicyclic) bond motifs is 1. The fraction of sp³-hybridized carbons (Fsp3) is 0.167. The summed E-state index contributed by atoms with van der Waals surface area (Å²) in [7, 11) is 0. The highest BCUT2D eigenvalue weighted by Crippen LogP contribution is 2.28. The number of nitrogens with one attached hydrogen (secondary N) is 1. The Bertz CT molecular complexity index is 763. The van der Waals surface area contributed by atoms with Crippen LogP contribution in [0.1, 0.15) is 24.1 Å². The van der Waals surface area contributed by atoms with E-state index < -0.39 is 0 Å². The van der Waals surface area contributed by atoms with E-state index in [0.29, 0.717) is 5.15 Å². The van der Waals surface area contributed by atoms with Gasteiger partial charge in [-0.25, -0.2) is 4.98 Å². The number of benzene rings is 2. The number of hydrogen-bond acceptors (Lipinski definition) is 2. The van der Waals surface area contributed by atoms with Gasteiger partial charge in [0.15, 0.2) is 5.15 Å². The lowest BCUT2D eigenvalue weighted by molar-refractivity contribution is 0.882. The van der Waals surface area contributed by atoms with Crippen molar-refractivity contribution >= 4 is 28.1 Å². The van der Waals surface area contributed by atoms with Crippen LogP contribution < -0.4 is 5.32 Å². The zero-order valence-corrected chi connectivity index (χ0v) is 12.9. The molecular weight excluding hydrogens is 280 g/mol. The van der Waals surface area contributed by atoms with Gasteiger partial charge in [0, 0.05) is 12.2 Å². The maximum absolute atomic E-state index is 6.18. The molecule has 0 bridgehead atoms. The minimum Gasteiger partial charge on any atom is -0.376 e. The molecular formula is C18H17ClN2. The molecule has 3 rings (SSSR count). The molecule has 0 saturated carbocycles. The lowest BCUT2D eigenvalue weighted by atomic mass is 10.0. The van der Waals surface area contributed by atoms with Gasteiger partial charge in [0.2, 0.25) is 0 Å². The lowest BCUT2D eigenvalue weighted by Gasteiger charge is -2.18.